The molecule has 0 spiro atoms. The highest BCUT2D eigenvalue weighted by Crippen LogP contribution is 2.38. The molecular weight excluding hydrogens is 394 g/mol. The molecule has 1 aliphatic carbocycles. The fourth-order valence-electron chi connectivity index (χ4n) is 5.50. The third kappa shape index (κ3) is 3.77. The predicted octanol–water partition coefficient (Wildman–Crippen LogP) is 6.46. The van der Waals surface area contributed by atoms with Crippen LogP contribution in [0, 0.1) is 20.8 Å². The van der Waals surface area contributed by atoms with Gasteiger partial charge in [-0.1, -0.05) is 29.8 Å². The van der Waals surface area contributed by atoms with Gasteiger partial charge in [0.05, 0.1) is 29.9 Å². The molecule has 4 heteroatoms. The second-order valence-corrected chi connectivity index (χ2v) is 9.30. The fraction of sp³-hybridized carbons (Fsp3) is 0.393. The Morgan fingerprint density at radius 1 is 1.03 bits per heavy atom. The van der Waals surface area contributed by atoms with Crippen molar-refractivity contribution in [2.24, 2.45) is 0 Å². The number of hydrogen-bond acceptors (Lipinski definition) is 3. The van der Waals surface area contributed by atoms with Crippen LogP contribution in [-0.2, 0) is 11.3 Å². The normalized spacial score (nSPS) is 19.3. The summed E-state index contributed by atoms with van der Waals surface area (Å²) in [6.45, 7) is 8.79. The lowest BCUT2D eigenvalue weighted by atomic mass is 9.99. The Kier molecular flexibility index (Phi) is 5.64. The van der Waals surface area contributed by atoms with Gasteiger partial charge < -0.3 is 4.74 Å². The summed E-state index contributed by atoms with van der Waals surface area (Å²) in [7, 11) is 1.76. The number of hydrogen-bond donors (Lipinski definition) is 0. The summed E-state index contributed by atoms with van der Waals surface area (Å²) in [5.41, 5.74) is 9.20. The van der Waals surface area contributed by atoms with Crippen LogP contribution in [0.4, 0.5) is 0 Å². The summed E-state index contributed by atoms with van der Waals surface area (Å²) in [4.78, 5) is 7.83. The maximum Gasteiger partial charge on any atom is 0.131 e. The third-order valence-corrected chi connectivity index (χ3v) is 7.09. The van der Waals surface area contributed by atoms with Gasteiger partial charge in [-0.15, -0.1) is 0 Å². The summed E-state index contributed by atoms with van der Waals surface area (Å²) < 4.78 is 7.90. The van der Waals surface area contributed by atoms with E-state index in [1.807, 2.05) is 0 Å². The average Bonchev–Trinajstić information content (AvgIpc) is 3.40. The minimum absolute atomic E-state index is 0.330. The van der Waals surface area contributed by atoms with E-state index in [2.05, 4.69) is 78.8 Å². The number of nitrogens with zero attached hydrogens (tertiary/aromatic N) is 3. The summed E-state index contributed by atoms with van der Waals surface area (Å²) in [6.07, 6.45) is 8.60. The predicted molar refractivity (Wildman–Crippen MR) is 131 cm³/mol. The van der Waals surface area contributed by atoms with E-state index in [0.29, 0.717) is 6.04 Å². The van der Waals surface area contributed by atoms with Gasteiger partial charge in [0, 0.05) is 18.7 Å². The van der Waals surface area contributed by atoms with Crippen molar-refractivity contribution in [3.8, 4) is 0 Å². The van der Waals surface area contributed by atoms with Crippen LogP contribution < -0.4 is 0 Å². The number of aromatic nitrogens is 2. The molecule has 166 valence electrons. The number of rotatable bonds is 5. The molecule has 1 atom stereocenters. The van der Waals surface area contributed by atoms with Crippen molar-refractivity contribution in [3.05, 3.63) is 82.4 Å². The van der Waals surface area contributed by atoms with Gasteiger partial charge in [0.15, 0.2) is 0 Å². The van der Waals surface area contributed by atoms with Crippen LogP contribution >= 0.6 is 0 Å². The Labute approximate surface area is 191 Å². The van der Waals surface area contributed by atoms with E-state index in [4.69, 9.17) is 9.72 Å². The Bertz CT molecular complexity index is 1190. The maximum absolute atomic E-state index is 5.47. The number of benzene rings is 2. The van der Waals surface area contributed by atoms with Crippen LogP contribution in [0.3, 0.4) is 0 Å². The van der Waals surface area contributed by atoms with Crippen LogP contribution in [0.1, 0.15) is 59.8 Å². The number of allylic oxidation sites excluding steroid dienone is 4. The highest BCUT2D eigenvalue weighted by atomic mass is 16.5. The lowest BCUT2D eigenvalue weighted by Gasteiger charge is -2.27. The standard InChI is InChI=1S/C28H33N3O/c1-19-16-20(2)24(21(3)17-19)18-30-15-7-10-27(30)28-29-25-8-5-6-9-26(25)31(28)22-11-13-23(32-4)14-12-22/h5-6,8-9,11,13,16-17,27H,7,10,12,14-15,18H2,1-4H3/t27-/m1/s1. The van der Waals surface area contributed by atoms with Gasteiger partial charge >= 0.3 is 0 Å². The number of likely N-dealkylation sites (tertiary alicyclic amines) is 1. The molecule has 4 nitrogen and oxygen atoms in total. The Morgan fingerprint density at radius 3 is 2.53 bits per heavy atom. The molecule has 0 radical (unpaired) electrons. The molecule has 1 saturated heterocycles. The van der Waals surface area contributed by atoms with Crippen LogP contribution in [0.2, 0.25) is 0 Å². The molecule has 0 amide bonds. The summed E-state index contributed by atoms with van der Waals surface area (Å²) in [5.74, 6) is 2.24. The lowest BCUT2D eigenvalue weighted by Crippen LogP contribution is -2.26. The molecule has 0 unspecified atom stereocenters. The minimum atomic E-state index is 0.330. The number of methoxy groups -OCH3 is 1. The zero-order valence-corrected chi connectivity index (χ0v) is 19.7. The van der Waals surface area contributed by atoms with E-state index in [-0.39, 0.29) is 0 Å². The van der Waals surface area contributed by atoms with E-state index in [1.165, 1.54) is 45.7 Å². The van der Waals surface area contributed by atoms with Crippen LogP contribution in [0.25, 0.3) is 16.7 Å². The summed E-state index contributed by atoms with van der Waals surface area (Å²) in [5, 5.41) is 0. The highest BCUT2D eigenvalue weighted by molar-refractivity contribution is 5.80. The molecule has 2 aliphatic rings. The van der Waals surface area contributed by atoms with Gasteiger partial charge in [0.2, 0.25) is 0 Å². The number of imidazole rings is 1. The first kappa shape index (κ1) is 21.0. The minimum Gasteiger partial charge on any atom is -0.501 e. The fourth-order valence-corrected chi connectivity index (χ4v) is 5.50. The van der Waals surface area contributed by atoms with E-state index in [1.54, 1.807) is 7.11 Å². The second-order valence-electron chi connectivity index (χ2n) is 9.30. The smallest absolute Gasteiger partial charge is 0.131 e. The van der Waals surface area contributed by atoms with Crippen LogP contribution in [-0.4, -0.2) is 28.1 Å². The summed E-state index contributed by atoms with van der Waals surface area (Å²) in [6, 6.07) is 13.5. The molecule has 0 bridgehead atoms. The molecule has 0 saturated carbocycles. The molecule has 1 aromatic heterocycles. The summed E-state index contributed by atoms with van der Waals surface area (Å²) >= 11 is 0. The van der Waals surface area contributed by atoms with Crippen molar-refractivity contribution in [1.82, 2.24) is 14.5 Å². The highest BCUT2D eigenvalue weighted by Gasteiger charge is 2.32. The van der Waals surface area contributed by atoms with Gasteiger partial charge in [0.1, 0.15) is 5.82 Å². The third-order valence-electron chi connectivity index (χ3n) is 7.09. The Morgan fingerprint density at radius 2 is 1.81 bits per heavy atom. The van der Waals surface area contributed by atoms with Crippen molar-refractivity contribution < 1.29 is 4.74 Å². The Balaban J connectivity index is 1.56. The van der Waals surface area contributed by atoms with Gasteiger partial charge in [-0.25, -0.2) is 4.98 Å². The first-order chi connectivity index (χ1) is 15.5. The topological polar surface area (TPSA) is 30.3 Å². The largest absolute Gasteiger partial charge is 0.501 e. The first-order valence-electron chi connectivity index (χ1n) is 11.8. The van der Waals surface area contributed by atoms with Crippen molar-refractivity contribution in [3.63, 3.8) is 0 Å². The maximum atomic E-state index is 5.47. The van der Waals surface area contributed by atoms with Crippen molar-refractivity contribution >= 4 is 16.7 Å². The van der Waals surface area contributed by atoms with Gasteiger partial charge in [0.25, 0.3) is 0 Å². The number of aryl methyl sites for hydroxylation is 3. The van der Waals surface area contributed by atoms with Gasteiger partial charge in [-0.3, -0.25) is 9.47 Å². The molecule has 2 heterocycles. The van der Waals surface area contributed by atoms with Crippen molar-refractivity contribution in [1.29, 1.82) is 0 Å². The molecule has 0 N–H and O–H groups in total. The molecule has 2 aromatic carbocycles. The molecule has 1 fully saturated rings. The molecular formula is C28H33N3O. The first-order valence-corrected chi connectivity index (χ1v) is 11.8. The lowest BCUT2D eigenvalue weighted by molar-refractivity contribution is 0.238. The molecule has 3 aromatic rings. The quantitative estimate of drug-likeness (QED) is 0.468. The molecule has 1 aliphatic heterocycles. The molecule has 32 heavy (non-hydrogen) atoms. The van der Waals surface area contributed by atoms with Crippen molar-refractivity contribution in [2.75, 3.05) is 13.7 Å². The van der Waals surface area contributed by atoms with Crippen LogP contribution in [0.5, 0.6) is 0 Å². The SMILES string of the molecule is COC1=CC=C(n2c([C@H]3CCCN3Cc3c(C)cc(C)cc3C)nc3ccccc32)CC1. The number of ether oxygens (including phenoxy) is 1. The molecule has 5 rings (SSSR count). The number of fused-ring (bicyclic) bond motifs is 1. The van der Waals surface area contributed by atoms with Crippen LogP contribution in [0.15, 0.2) is 54.3 Å². The van der Waals surface area contributed by atoms with E-state index < -0.39 is 0 Å². The van der Waals surface area contributed by atoms with E-state index in [0.717, 1.165) is 43.6 Å². The van der Waals surface area contributed by atoms with Gasteiger partial charge in [-0.05, 0) is 87.6 Å². The average molecular weight is 428 g/mol. The second kappa shape index (κ2) is 8.59. The number of para-hydroxylation sites is 2. The zero-order chi connectivity index (χ0) is 22.2. The zero-order valence-electron chi connectivity index (χ0n) is 19.7. The van der Waals surface area contributed by atoms with Crippen molar-refractivity contribution in [2.45, 2.75) is 59.0 Å². The monoisotopic (exact) mass is 427 g/mol. The van der Waals surface area contributed by atoms with E-state index in [9.17, 15) is 0 Å². The van der Waals surface area contributed by atoms with E-state index >= 15 is 0 Å². The van der Waals surface area contributed by atoms with Gasteiger partial charge in [-0.2, -0.15) is 0 Å². The Hall–Kier alpha value is -2.85.